The maximum Gasteiger partial charge on any atom is 0.192 e. The summed E-state index contributed by atoms with van der Waals surface area (Å²) in [6, 6.07) is 7.96. The van der Waals surface area contributed by atoms with Crippen LogP contribution in [0.25, 0.3) is 0 Å². The fraction of sp³-hybridized carbons (Fsp3) is 0.760. The molecular weight excluding hydrogens is 422 g/mol. The van der Waals surface area contributed by atoms with Crippen LogP contribution >= 0.6 is 0 Å². The highest BCUT2D eigenvalue weighted by atomic mass is 28.4. The van der Waals surface area contributed by atoms with Crippen LogP contribution in [0.15, 0.2) is 24.3 Å². The number of fused-ring (bicyclic) bond motifs is 2. The number of methoxy groups -OCH3 is 1. The lowest BCUT2D eigenvalue weighted by atomic mass is 9.63. The second-order valence-corrected chi connectivity index (χ2v) is 16.1. The molecule has 1 aromatic carbocycles. The second-order valence-electron chi connectivity index (χ2n) is 11.3. The number of aliphatic hydroxyl groups is 1. The van der Waals surface area contributed by atoms with Gasteiger partial charge in [-0.1, -0.05) is 39.0 Å². The van der Waals surface area contributed by atoms with Crippen LogP contribution in [0.2, 0.25) is 18.1 Å². The van der Waals surface area contributed by atoms with Gasteiger partial charge in [0.1, 0.15) is 12.5 Å². The van der Waals surface area contributed by atoms with E-state index >= 15 is 0 Å². The number of benzene rings is 1. The number of likely N-dealkylation sites (tertiary alicyclic amines) is 1. The Morgan fingerprint density at radius 1 is 1.19 bits per heavy atom. The van der Waals surface area contributed by atoms with Gasteiger partial charge in [-0.3, -0.25) is 4.90 Å². The van der Waals surface area contributed by atoms with Gasteiger partial charge in [0.25, 0.3) is 0 Å². The molecule has 0 radical (unpaired) electrons. The Hall–Kier alpha value is -0.963. The van der Waals surface area contributed by atoms with Gasteiger partial charge in [-0.15, -0.1) is 0 Å². The van der Waals surface area contributed by atoms with Crippen molar-refractivity contribution in [1.82, 2.24) is 4.90 Å². The fourth-order valence-corrected chi connectivity index (χ4v) is 6.58. The zero-order chi connectivity index (χ0) is 23.6. The van der Waals surface area contributed by atoms with Gasteiger partial charge in [0, 0.05) is 43.3 Å². The number of phenolic OH excluding ortho intramolecular Hbond substituents is 1. The number of aliphatic hydroxyl groups excluding tert-OH is 1. The number of rotatable bonds is 9. The minimum atomic E-state index is -1.94. The molecule has 0 aromatic heterocycles. The maximum atomic E-state index is 10.7. The first-order chi connectivity index (χ1) is 15.0. The van der Waals surface area contributed by atoms with E-state index in [-0.39, 0.29) is 30.5 Å². The van der Waals surface area contributed by atoms with Gasteiger partial charge in [-0.25, -0.2) is 0 Å². The van der Waals surface area contributed by atoms with E-state index in [9.17, 15) is 10.2 Å². The van der Waals surface area contributed by atoms with Gasteiger partial charge in [-0.05, 0) is 49.4 Å². The van der Waals surface area contributed by atoms with Crippen LogP contribution in [0.5, 0.6) is 5.75 Å². The molecule has 2 aliphatic rings. The summed E-state index contributed by atoms with van der Waals surface area (Å²) >= 11 is 0. The van der Waals surface area contributed by atoms with Crippen LogP contribution in [-0.4, -0.2) is 69.2 Å². The van der Waals surface area contributed by atoms with Crippen LogP contribution in [0.3, 0.4) is 0 Å². The van der Waals surface area contributed by atoms with E-state index in [0.29, 0.717) is 31.5 Å². The number of aromatic hydroxyl groups is 1. The van der Waals surface area contributed by atoms with Crippen molar-refractivity contribution in [1.29, 1.82) is 0 Å². The van der Waals surface area contributed by atoms with Crippen LogP contribution in [-0.2, 0) is 20.4 Å². The minimum absolute atomic E-state index is 0.0444. The van der Waals surface area contributed by atoms with Crippen molar-refractivity contribution in [2.45, 2.75) is 76.9 Å². The molecule has 6 nitrogen and oxygen atoms in total. The van der Waals surface area contributed by atoms with Gasteiger partial charge in [0.15, 0.2) is 8.32 Å². The lowest BCUT2D eigenvalue weighted by molar-refractivity contribution is -0.163. The number of para-hydroxylation sites is 1. The predicted octanol–water partition coefficient (Wildman–Crippen LogP) is 4.37. The Morgan fingerprint density at radius 3 is 2.53 bits per heavy atom. The summed E-state index contributed by atoms with van der Waals surface area (Å²) in [5.74, 6) is 0.563. The molecule has 1 saturated heterocycles. The van der Waals surface area contributed by atoms with E-state index in [0.717, 1.165) is 24.8 Å². The van der Waals surface area contributed by atoms with Crippen molar-refractivity contribution in [2.24, 2.45) is 11.3 Å². The standard InChI is InChI=1S/C25H43NO5Si/c1-24(2,3)32(5,6)31-23-12-11-20-13-21(23)25(16-27,17-30-18-29-4)15-26(20)14-19-9-7-8-10-22(19)28/h7-10,20-21,23,27-28H,11-18H2,1-6H3/t20-,21-,23+,25-/m1/s1. The smallest absolute Gasteiger partial charge is 0.192 e. The first-order valence-electron chi connectivity index (χ1n) is 11.9. The highest BCUT2D eigenvalue weighted by Gasteiger charge is 2.54. The van der Waals surface area contributed by atoms with Gasteiger partial charge < -0.3 is 24.1 Å². The van der Waals surface area contributed by atoms with Crippen molar-refractivity contribution in [3.8, 4) is 5.75 Å². The number of piperidine rings is 1. The monoisotopic (exact) mass is 465 g/mol. The van der Waals surface area contributed by atoms with E-state index in [1.165, 1.54) is 0 Å². The third-order valence-electron chi connectivity index (χ3n) is 8.10. The summed E-state index contributed by atoms with van der Waals surface area (Å²) in [6.07, 6.45) is 3.18. The Balaban J connectivity index is 1.87. The summed E-state index contributed by atoms with van der Waals surface area (Å²) in [6.45, 7) is 13.5. The van der Waals surface area contributed by atoms with Gasteiger partial charge in [0.05, 0.1) is 13.2 Å². The Bertz CT molecular complexity index is 752. The second kappa shape index (κ2) is 10.1. The lowest BCUT2D eigenvalue weighted by Crippen LogP contribution is -2.63. The molecule has 1 aliphatic carbocycles. The fourth-order valence-electron chi connectivity index (χ4n) is 5.19. The molecule has 0 unspecified atom stereocenters. The molecule has 1 saturated carbocycles. The Morgan fingerprint density at radius 2 is 1.91 bits per heavy atom. The van der Waals surface area contributed by atoms with E-state index < -0.39 is 13.7 Å². The summed E-state index contributed by atoms with van der Waals surface area (Å²) < 4.78 is 18.0. The van der Waals surface area contributed by atoms with Gasteiger partial charge in [0.2, 0.25) is 0 Å². The van der Waals surface area contributed by atoms with Crippen molar-refractivity contribution in [3.63, 3.8) is 0 Å². The number of nitrogens with zero attached hydrogens (tertiary/aromatic N) is 1. The maximum absolute atomic E-state index is 10.7. The number of phenols is 1. The molecule has 7 heteroatoms. The van der Waals surface area contributed by atoms with E-state index in [2.05, 4.69) is 38.8 Å². The zero-order valence-corrected chi connectivity index (χ0v) is 21.8. The third-order valence-corrected chi connectivity index (χ3v) is 12.6. The summed E-state index contributed by atoms with van der Waals surface area (Å²) in [4.78, 5) is 2.43. The highest BCUT2D eigenvalue weighted by Crippen LogP contribution is 2.49. The molecule has 32 heavy (non-hydrogen) atoms. The van der Waals surface area contributed by atoms with Crippen LogP contribution in [0, 0.1) is 11.3 Å². The molecular formula is C25H43NO5Si. The molecule has 1 aromatic rings. The van der Waals surface area contributed by atoms with E-state index in [4.69, 9.17) is 13.9 Å². The highest BCUT2D eigenvalue weighted by molar-refractivity contribution is 6.74. The minimum Gasteiger partial charge on any atom is -0.508 e. The molecule has 0 amide bonds. The topological polar surface area (TPSA) is 71.4 Å². The van der Waals surface area contributed by atoms with Crippen LogP contribution in [0.4, 0.5) is 0 Å². The van der Waals surface area contributed by atoms with Crippen molar-refractivity contribution in [2.75, 3.05) is 33.7 Å². The number of ether oxygens (including phenoxy) is 2. The van der Waals surface area contributed by atoms with Crippen molar-refractivity contribution >= 4 is 8.32 Å². The van der Waals surface area contributed by atoms with E-state index in [1.807, 2.05) is 18.2 Å². The van der Waals surface area contributed by atoms with Gasteiger partial charge >= 0.3 is 0 Å². The molecule has 3 rings (SSSR count). The predicted molar refractivity (Wildman–Crippen MR) is 129 cm³/mol. The van der Waals surface area contributed by atoms with Crippen molar-refractivity contribution < 1.29 is 24.1 Å². The molecule has 2 N–H and O–H groups in total. The average Bonchev–Trinajstić information content (AvgIpc) is 2.73. The molecule has 2 fully saturated rings. The first-order valence-corrected chi connectivity index (χ1v) is 14.8. The number of hydrogen-bond donors (Lipinski definition) is 2. The summed E-state index contributed by atoms with van der Waals surface area (Å²) in [7, 11) is -0.319. The normalized spacial score (nSPS) is 29.3. The molecule has 182 valence electrons. The summed E-state index contributed by atoms with van der Waals surface area (Å²) in [5, 5.41) is 21.2. The average molecular weight is 466 g/mol. The molecule has 1 heterocycles. The molecule has 1 aliphatic heterocycles. The van der Waals surface area contributed by atoms with Crippen LogP contribution < -0.4 is 0 Å². The SMILES string of the molecule is COCOC[C@]1(CO)CN(Cc2ccccc2O)[C@@H]2CC[C@H](O[Si](C)(C)C(C)(C)C)[C@H]1C2. The Labute approximate surface area is 195 Å². The molecule has 4 atom stereocenters. The van der Waals surface area contributed by atoms with Crippen molar-refractivity contribution in [3.05, 3.63) is 29.8 Å². The number of hydrogen-bond acceptors (Lipinski definition) is 6. The summed E-state index contributed by atoms with van der Waals surface area (Å²) in [5.41, 5.74) is 0.502. The third kappa shape index (κ3) is 5.40. The zero-order valence-electron chi connectivity index (χ0n) is 20.8. The van der Waals surface area contributed by atoms with Crippen LogP contribution in [0.1, 0.15) is 45.6 Å². The van der Waals surface area contributed by atoms with E-state index in [1.54, 1.807) is 13.2 Å². The largest absolute Gasteiger partial charge is 0.508 e. The Kier molecular flexibility index (Phi) is 8.11. The first kappa shape index (κ1) is 25.7. The quantitative estimate of drug-likeness (QED) is 0.321. The lowest BCUT2D eigenvalue weighted by Gasteiger charge is -2.57. The molecule has 0 spiro atoms. The van der Waals surface area contributed by atoms with Gasteiger partial charge in [-0.2, -0.15) is 0 Å². The molecule has 2 bridgehead atoms.